The molecule has 10 heteroatoms. The Hall–Kier alpha value is -3.30. The van der Waals surface area contributed by atoms with Gasteiger partial charge in [-0.3, -0.25) is 19.7 Å². The van der Waals surface area contributed by atoms with Crippen LogP contribution in [0.4, 0.5) is 5.69 Å². The maximum Gasteiger partial charge on any atom is 0.315 e. The highest BCUT2D eigenvalue weighted by Gasteiger charge is 2.23. The molecule has 154 valence electrons. The van der Waals surface area contributed by atoms with Crippen molar-refractivity contribution in [1.29, 1.82) is 0 Å². The second-order valence-electron chi connectivity index (χ2n) is 7.00. The second kappa shape index (κ2) is 9.76. The largest absolute Gasteiger partial charge is 0.354 e. The first-order valence-electron chi connectivity index (χ1n) is 9.65. The van der Waals surface area contributed by atoms with Crippen LogP contribution in [-0.2, 0) is 11.2 Å². The summed E-state index contributed by atoms with van der Waals surface area (Å²) >= 11 is 0. The molecule has 0 bridgehead atoms. The molecule has 0 atom stereocenters. The Bertz CT molecular complexity index is 858. The summed E-state index contributed by atoms with van der Waals surface area (Å²) in [6.45, 7) is 0.452. The standard InChI is InChI=1S/C19H23N5O5/c25-16(12-13-6-8-15(9-7-13)24(27)28)20-10-11-21-18(26)19-22-17(23-29-19)14-4-2-1-3-5-14/h6-9,14H,1-5,10-12H2,(H,20,25)(H,21,26). The Morgan fingerprint density at radius 1 is 1.10 bits per heavy atom. The average Bonchev–Trinajstić information content (AvgIpc) is 3.22. The van der Waals surface area contributed by atoms with Gasteiger partial charge in [-0.1, -0.05) is 36.6 Å². The third-order valence-electron chi connectivity index (χ3n) is 4.85. The lowest BCUT2D eigenvalue weighted by Crippen LogP contribution is -2.35. The van der Waals surface area contributed by atoms with Crippen LogP contribution < -0.4 is 10.6 Å². The summed E-state index contributed by atoms with van der Waals surface area (Å²) in [5.74, 6) is 0.0662. The van der Waals surface area contributed by atoms with Gasteiger partial charge in [-0.2, -0.15) is 4.98 Å². The van der Waals surface area contributed by atoms with Gasteiger partial charge in [-0.15, -0.1) is 0 Å². The van der Waals surface area contributed by atoms with Crippen LogP contribution in [0.1, 0.15) is 60.1 Å². The van der Waals surface area contributed by atoms with Crippen LogP contribution in [0, 0.1) is 10.1 Å². The van der Waals surface area contributed by atoms with Crippen LogP contribution in [-0.4, -0.2) is 40.0 Å². The van der Waals surface area contributed by atoms with Gasteiger partial charge in [-0.05, 0) is 18.4 Å². The first-order valence-corrected chi connectivity index (χ1v) is 9.65. The van der Waals surface area contributed by atoms with Gasteiger partial charge in [0.1, 0.15) is 0 Å². The number of nitro groups is 1. The fourth-order valence-corrected chi connectivity index (χ4v) is 3.29. The summed E-state index contributed by atoms with van der Waals surface area (Å²) in [4.78, 5) is 38.3. The van der Waals surface area contributed by atoms with Crippen molar-refractivity contribution in [3.63, 3.8) is 0 Å². The molecule has 1 saturated carbocycles. The van der Waals surface area contributed by atoms with E-state index in [2.05, 4.69) is 20.8 Å². The predicted molar refractivity (Wildman–Crippen MR) is 102 cm³/mol. The fraction of sp³-hybridized carbons (Fsp3) is 0.474. The fourth-order valence-electron chi connectivity index (χ4n) is 3.29. The van der Waals surface area contributed by atoms with Crippen molar-refractivity contribution in [3.8, 4) is 0 Å². The van der Waals surface area contributed by atoms with Crippen LogP contribution in [0.2, 0.25) is 0 Å². The molecule has 0 saturated heterocycles. The molecule has 0 unspecified atom stereocenters. The molecule has 0 spiro atoms. The molecule has 1 aromatic carbocycles. The lowest BCUT2D eigenvalue weighted by atomic mass is 9.89. The van der Waals surface area contributed by atoms with E-state index in [0.717, 1.165) is 25.7 Å². The van der Waals surface area contributed by atoms with Crippen molar-refractivity contribution in [2.45, 2.75) is 44.4 Å². The topological polar surface area (TPSA) is 140 Å². The minimum atomic E-state index is -0.492. The van der Waals surface area contributed by atoms with Crippen LogP contribution in [0.3, 0.4) is 0 Å². The molecule has 29 heavy (non-hydrogen) atoms. The number of hydrogen-bond donors (Lipinski definition) is 2. The highest BCUT2D eigenvalue weighted by atomic mass is 16.6. The van der Waals surface area contributed by atoms with Gasteiger partial charge in [0.25, 0.3) is 5.69 Å². The van der Waals surface area contributed by atoms with E-state index in [0.29, 0.717) is 11.4 Å². The number of non-ortho nitro benzene ring substituents is 1. The SMILES string of the molecule is O=C(Cc1ccc([N+](=O)[O-])cc1)NCCNC(=O)c1nc(C2CCCCC2)no1. The Labute approximate surface area is 167 Å². The van der Waals surface area contributed by atoms with Gasteiger partial charge in [0.2, 0.25) is 5.91 Å². The van der Waals surface area contributed by atoms with Crippen molar-refractivity contribution >= 4 is 17.5 Å². The third kappa shape index (κ3) is 5.84. The van der Waals surface area contributed by atoms with E-state index in [1.54, 1.807) is 12.1 Å². The summed E-state index contributed by atoms with van der Waals surface area (Å²) in [6.07, 6.45) is 5.63. The molecule has 2 amide bonds. The quantitative estimate of drug-likeness (QED) is 0.392. The van der Waals surface area contributed by atoms with Crippen LogP contribution in [0.5, 0.6) is 0 Å². The summed E-state index contributed by atoms with van der Waals surface area (Å²) in [7, 11) is 0. The lowest BCUT2D eigenvalue weighted by molar-refractivity contribution is -0.384. The van der Waals surface area contributed by atoms with Gasteiger partial charge in [0.05, 0.1) is 11.3 Å². The smallest absolute Gasteiger partial charge is 0.315 e. The summed E-state index contributed by atoms with van der Waals surface area (Å²) in [6, 6.07) is 5.79. The molecule has 1 fully saturated rings. The summed E-state index contributed by atoms with van der Waals surface area (Å²) in [5, 5.41) is 19.9. The van der Waals surface area contributed by atoms with Crippen molar-refractivity contribution < 1.29 is 19.0 Å². The molecule has 2 aromatic rings. The van der Waals surface area contributed by atoms with E-state index in [1.807, 2.05) is 0 Å². The van der Waals surface area contributed by atoms with E-state index in [9.17, 15) is 19.7 Å². The Morgan fingerprint density at radius 2 is 1.79 bits per heavy atom. The Balaban J connectivity index is 1.37. The van der Waals surface area contributed by atoms with Gasteiger partial charge in [0.15, 0.2) is 5.82 Å². The number of carbonyl (C=O) groups excluding carboxylic acids is 2. The van der Waals surface area contributed by atoms with Crippen LogP contribution >= 0.6 is 0 Å². The molecule has 1 heterocycles. The summed E-state index contributed by atoms with van der Waals surface area (Å²) in [5.41, 5.74) is 0.641. The number of aromatic nitrogens is 2. The number of nitrogens with zero attached hydrogens (tertiary/aromatic N) is 3. The molecule has 1 aromatic heterocycles. The number of amides is 2. The van der Waals surface area contributed by atoms with Gasteiger partial charge in [-0.25, -0.2) is 0 Å². The van der Waals surface area contributed by atoms with E-state index < -0.39 is 10.8 Å². The van der Waals surface area contributed by atoms with Crippen molar-refractivity contribution in [2.24, 2.45) is 0 Å². The monoisotopic (exact) mass is 401 g/mol. The molecule has 1 aliphatic carbocycles. The lowest BCUT2D eigenvalue weighted by Gasteiger charge is -2.17. The zero-order valence-electron chi connectivity index (χ0n) is 15.9. The zero-order valence-corrected chi connectivity index (χ0v) is 15.9. The van der Waals surface area contributed by atoms with E-state index in [-0.39, 0.29) is 42.9 Å². The first-order chi connectivity index (χ1) is 14.0. The molecule has 0 aliphatic heterocycles. The van der Waals surface area contributed by atoms with E-state index >= 15 is 0 Å². The number of benzene rings is 1. The summed E-state index contributed by atoms with van der Waals surface area (Å²) < 4.78 is 5.05. The Kier molecular flexibility index (Phi) is 6.88. The van der Waals surface area contributed by atoms with Crippen LogP contribution in [0.25, 0.3) is 0 Å². The molecule has 3 rings (SSSR count). The maximum absolute atomic E-state index is 12.1. The van der Waals surface area contributed by atoms with Crippen molar-refractivity contribution in [1.82, 2.24) is 20.8 Å². The minimum Gasteiger partial charge on any atom is -0.354 e. The second-order valence-corrected chi connectivity index (χ2v) is 7.00. The Morgan fingerprint density at radius 3 is 2.48 bits per heavy atom. The third-order valence-corrected chi connectivity index (χ3v) is 4.85. The molecule has 0 radical (unpaired) electrons. The normalized spacial score (nSPS) is 14.3. The van der Waals surface area contributed by atoms with Crippen LogP contribution in [0.15, 0.2) is 28.8 Å². The molecular weight excluding hydrogens is 378 g/mol. The highest BCUT2D eigenvalue weighted by Crippen LogP contribution is 2.30. The molecule has 10 nitrogen and oxygen atoms in total. The highest BCUT2D eigenvalue weighted by molar-refractivity contribution is 5.89. The zero-order chi connectivity index (χ0) is 20.6. The van der Waals surface area contributed by atoms with Gasteiger partial charge in [0, 0.05) is 31.1 Å². The number of hydrogen-bond acceptors (Lipinski definition) is 7. The number of carbonyl (C=O) groups is 2. The number of nitro benzene ring substituents is 1. The van der Waals surface area contributed by atoms with Gasteiger partial charge < -0.3 is 15.2 Å². The minimum absolute atomic E-state index is 0.0236. The number of nitrogens with one attached hydrogen (secondary N) is 2. The maximum atomic E-state index is 12.1. The van der Waals surface area contributed by atoms with Crippen molar-refractivity contribution in [2.75, 3.05) is 13.1 Å². The predicted octanol–water partition coefficient (Wildman–Crippen LogP) is 2.11. The van der Waals surface area contributed by atoms with Gasteiger partial charge >= 0.3 is 11.8 Å². The molecular formula is C19H23N5O5. The number of rotatable bonds is 8. The van der Waals surface area contributed by atoms with Crippen molar-refractivity contribution in [3.05, 3.63) is 51.7 Å². The average molecular weight is 401 g/mol. The first kappa shape index (κ1) is 20.4. The van der Waals surface area contributed by atoms with E-state index in [1.165, 1.54) is 18.6 Å². The molecule has 2 N–H and O–H groups in total. The van der Waals surface area contributed by atoms with E-state index in [4.69, 9.17) is 4.52 Å². The molecule has 1 aliphatic rings.